The van der Waals surface area contributed by atoms with Crippen molar-refractivity contribution in [3.8, 4) is 11.5 Å². The van der Waals surface area contributed by atoms with Gasteiger partial charge < -0.3 is 10.1 Å². The van der Waals surface area contributed by atoms with E-state index >= 15 is 0 Å². The third kappa shape index (κ3) is 4.63. The number of fused-ring (bicyclic) bond motifs is 1. The number of para-hydroxylation sites is 2. The highest BCUT2D eigenvalue weighted by Gasteiger charge is 2.36. The standard InChI is InChI=1S/C28H24N2O4S/c1-20-18-21-8-5-6-13-27(21)30(20)35(32,33)26-12-7-9-22(19-26)28(31)29-23-14-16-25(17-15-23)34-24-10-3-2-4-11-24/h2-17,19-20H,18H2,1H3,(H,29,31)/t20-/m0/s1. The van der Waals surface area contributed by atoms with Gasteiger partial charge in [-0.2, -0.15) is 0 Å². The summed E-state index contributed by atoms with van der Waals surface area (Å²) < 4.78 is 34.2. The van der Waals surface area contributed by atoms with Gasteiger partial charge in [-0.15, -0.1) is 0 Å². The molecule has 0 aliphatic carbocycles. The van der Waals surface area contributed by atoms with Crippen molar-refractivity contribution in [3.63, 3.8) is 0 Å². The molecule has 0 saturated carbocycles. The van der Waals surface area contributed by atoms with E-state index < -0.39 is 15.9 Å². The molecule has 0 saturated heterocycles. The summed E-state index contributed by atoms with van der Waals surface area (Å²) in [5.74, 6) is 0.966. The van der Waals surface area contributed by atoms with Crippen LogP contribution in [-0.2, 0) is 16.4 Å². The lowest BCUT2D eigenvalue weighted by molar-refractivity contribution is 0.102. The van der Waals surface area contributed by atoms with E-state index in [0.717, 1.165) is 11.3 Å². The monoisotopic (exact) mass is 484 g/mol. The summed E-state index contributed by atoms with van der Waals surface area (Å²) in [6.07, 6.45) is 0.652. The number of carbonyl (C=O) groups is 1. The maximum absolute atomic E-state index is 13.5. The van der Waals surface area contributed by atoms with Gasteiger partial charge in [0.05, 0.1) is 10.6 Å². The number of ether oxygens (including phenoxy) is 1. The lowest BCUT2D eigenvalue weighted by Crippen LogP contribution is -2.35. The second-order valence-corrected chi connectivity index (χ2v) is 10.2. The molecule has 176 valence electrons. The molecule has 0 fully saturated rings. The van der Waals surface area contributed by atoms with E-state index in [4.69, 9.17) is 4.74 Å². The van der Waals surface area contributed by atoms with Crippen LogP contribution >= 0.6 is 0 Å². The van der Waals surface area contributed by atoms with Crippen LogP contribution in [0.2, 0.25) is 0 Å². The van der Waals surface area contributed by atoms with Gasteiger partial charge in [0.25, 0.3) is 15.9 Å². The molecule has 1 amide bonds. The number of carbonyl (C=O) groups excluding carboxylic acids is 1. The van der Waals surface area contributed by atoms with Gasteiger partial charge in [-0.1, -0.05) is 42.5 Å². The summed E-state index contributed by atoms with van der Waals surface area (Å²) in [6, 6.07) is 29.8. The van der Waals surface area contributed by atoms with Crippen molar-refractivity contribution in [2.24, 2.45) is 0 Å². The van der Waals surface area contributed by atoms with E-state index in [0.29, 0.717) is 23.5 Å². The van der Waals surface area contributed by atoms with E-state index in [2.05, 4.69) is 5.32 Å². The fourth-order valence-corrected chi connectivity index (χ4v) is 5.99. The van der Waals surface area contributed by atoms with E-state index in [1.807, 2.05) is 61.5 Å². The Labute approximate surface area is 204 Å². The molecule has 7 heteroatoms. The SMILES string of the molecule is C[C@H]1Cc2ccccc2N1S(=O)(=O)c1cccc(C(=O)Nc2ccc(Oc3ccccc3)cc2)c1. The summed E-state index contributed by atoms with van der Waals surface area (Å²) in [5, 5.41) is 2.82. The van der Waals surface area contributed by atoms with Crippen molar-refractivity contribution in [1.82, 2.24) is 0 Å². The normalized spacial score (nSPS) is 14.9. The Bertz CT molecular complexity index is 1470. The molecule has 1 atom stereocenters. The lowest BCUT2D eigenvalue weighted by Gasteiger charge is -2.24. The minimum absolute atomic E-state index is 0.0836. The molecule has 5 rings (SSSR count). The largest absolute Gasteiger partial charge is 0.457 e. The minimum atomic E-state index is -3.83. The highest BCUT2D eigenvalue weighted by Crippen LogP contribution is 2.36. The van der Waals surface area contributed by atoms with Gasteiger partial charge >= 0.3 is 0 Å². The lowest BCUT2D eigenvalue weighted by atomic mass is 10.1. The van der Waals surface area contributed by atoms with Crippen LogP contribution in [0.15, 0.2) is 108 Å². The Morgan fingerprint density at radius 2 is 1.54 bits per heavy atom. The van der Waals surface area contributed by atoms with Gasteiger partial charge in [0.2, 0.25) is 0 Å². The fraction of sp³-hybridized carbons (Fsp3) is 0.107. The number of hydrogen-bond acceptors (Lipinski definition) is 4. The summed E-state index contributed by atoms with van der Waals surface area (Å²) in [7, 11) is -3.83. The van der Waals surface area contributed by atoms with Crippen molar-refractivity contribution in [1.29, 1.82) is 0 Å². The number of rotatable bonds is 6. The van der Waals surface area contributed by atoms with Crippen molar-refractivity contribution in [3.05, 3.63) is 114 Å². The molecular formula is C28H24N2O4S. The first-order valence-electron chi connectivity index (χ1n) is 11.3. The number of nitrogens with zero attached hydrogens (tertiary/aromatic N) is 1. The third-order valence-electron chi connectivity index (χ3n) is 5.89. The number of sulfonamides is 1. The number of benzene rings is 4. The summed E-state index contributed by atoms with van der Waals surface area (Å²) in [6.45, 7) is 1.89. The molecule has 1 aliphatic heterocycles. The highest BCUT2D eigenvalue weighted by molar-refractivity contribution is 7.92. The van der Waals surface area contributed by atoms with Crippen LogP contribution in [0, 0.1) is 0 Å². The van der Waals surface area contributed by atoms with E-state index in [1.54, 1.807) is 36.4 Å². The van der Waals surface area contributed by atoms with Crippen LogP contribution in [0.1, 0.15) is 22.8 Å². The molecule has 0 aromatic heterocycles. The molecule has 4 aromatic carbocycles. The Hall–Kier alpha value is -4.10. The number of anilines is 2. The van der Waals surface area contributed by atoms with Crippen LogP contribution in [0.25, 0.3) is 0 Å². The van der Waals surface area contributed by atoms with Crippen LogP contribution in [0.3, 0.4) is 0 Å². The van der Waals surface area contributed by atoms with Crippen LogP contribution in [-0.4, -0.2) is 20.4 Å². The number of hydrogen-bond donors (Lipinski definition) is 1. The first-order valence-corrected chi connectivity index (χ1v) is 12.7. The van der Waals surface area contributed by atoms with Gasteiger partial charge in [-0.3, -0.25) is 9.10 Å². The quantitative estimate of drug-likeness (QED) is 0.371. The van der Waals surface area contributed by atoms with Gasteiger partial charge in [0.15, 0.2) is 0 Å². The van der Waals surface area contributed by atoms with Crippen LogP contribution in [0.4, 0.5) is 11.4 Å². The molecule has 1 aliphatic rings. The minimum Gasteiger partial charge on any atom is -0.457 e. The maximum atomic E-state index is 13.5. The Morgan fingerprint density at radius 1 is 0.857 bits per heavy atom. The van der Waals surface area contributed by atoms with Crippen molar-refractivity contribution < 1.29 is 17.9 Å². The first kappa shape index (κ1) is 22.7. The zero-order chi connectivity index (χ0) is 24.4. The average Bonchev–Trinajstić information content (AvgIpc) is 3.22. The number of amides is 1. The van der Waals surface area contributed by atoms with Gasteiger partial charge in [0.1, 0.15) is 11.5 Å². The Morgan fingerprint density at radius 3 is 2.31 bits per heavy atom. The molecule has 35 heavy (non-hydrogen) atoms. The smallest absolute Gasteiger partial charge is 0.264 e. The molecule has 6 nitrogen and oxygen atoms in total. The second-order valence-electron chi connectivity index (χ2n) is 8.40. The van der Waals surface area contributed by atoms with E-state index in [1.165, 1.54) is 16.4 Å². The molecule has 0 radical (unpaired) electrons. The van der Waals surface area contributed by atoms with Crippen LogP contribution in [0.5, 0.6) is 11.5 Å². The second kappa shape index (κ2) is 9.27. The Balaban J connectivity index is 1.33. The Kier molecular flexibility index (Phi) is 6.01. The molecule has 0 bridgehead atoms. The first-order chi connectivity index (χ1) is 16.9. The maximum Gasteiger partial charge on any atom is 0.264 e. The predicted octanol–water partition coefficient (Wildman–Crippen LogP) is 5.87. The van der Waals surface area contributed by atoms with Crippen LogP contribution < -0.4 is 14.4 Å². The van der Waals surface area contributed by atoms with Gasteiger partial charge in [0, 0.05) is 17.3 Å². The predicted molar refractivity (Wildman–Crippen MR) is 137 cm³/mol. The fourth-order valence-electron chi connectivity index (χ4n) is 4.25. The molecule has 1 N–H and O–H groups in total. The zero-order valence-electron chi connectivity index (χ0n) is 19.1. The number of nitrogens with one attached hydrogen (secondary N) is 1. The third-order valence-corrected chi connectivity index (χ3v) is 7.81. The molecule has 1 heterocycles. The molecule has 0 unspecified atom stereocenters. The summed E-state index contributed by atoms with van der Waals surface area (Å²) >= 11 is 0. The molecular weight excluding hydrogens is 460 g/mol. The van der Waals surface area contributed by atoms with Gasteiger partial charge in [-0.25, -0.2) is 8.42 Å². The summed E-state index contributed by atoms with van der Waals surface area (Å²) in [5.41, 5.74) is 2.52. The van der Waals surface area contributed by atoms with Crippen molar-refractivity contribution in [2.45, 2.75) is 24.3 Å². The van der Waals surface area contributed by atoms with E-state index in [9.17, 15) is 13.2 Å². The molecule has 4 aromatic rings. The topological polar surface area (TPSA) is 75.7 Å². The zero-order valence-corrected chi connectivity index (χ0v) is 19.9. The summed E-state index contributed by atoms with van der Waals surface area (Å²) in [4.78, 5) is 13.0. The van der Waals surface area contributed by atoms with E-state index in [-0.39, 0.29) is 16.5 Å². The van der Waals surface area contributed by atoms with Crippen molar-refractivity contribution >= 4 is 27.3 Å². The van der Waals surface area contributed by atoms with Gasteiger partial charge in [-0.05, 0) is 79.6 Å². The molecule has 0 spiro atoms. The highest BCUT2D eigenvalue weighted by atomic mass is 32.2. The average molecular weight is 485 g/mol. The van der Waals surface area contributed by atoms with Crippen molar-refractivity contribution in [2.75, 3.05) is 9.62 Å².